The van der Waals surface area contributed by atoms with E-state index < -0.39 is 5.97 Å². The molecule has 0 spiro atoms. The molecule has 1 fully saturated rings. The van der Waals surface area contributed by atoms with Crippen LogP contribution in [0.25, 0.3) is 0 Å². The molecule has 0 heterocycles. The molecular formula is C15H26N2O4. The predicted molar refractivity (Wildman–Crippen MR) is 78.6 cm³/mol. The van der Waals surface area contributed by atoms with Gasteiger partial charge in [0.15, 0.2) is 0 Å². The summed E-state index contributed by atoms with van der Waals surface area (Å²) in [6.45, 7) is 2.62. The molecule has 0 radical (unpaired) electrons. The number of carbonyl (C=O) groups is 3. The maximum atomic E-state index is 11.8. The van der Waals surface area contributed by atoms with Crippen LogP contribution in [0.15, 0.2) is 0 Å². The van der Waals surface area contributed by atoms with Crippen molar-refractivity contribution in [2.75, 3.05) is 13.1 Å². The minimum absolute atomic E-state index is 0.0421. The lowest BCUT2D eigenvalue weighted by molar-refractivity contribution is -0.138. The summed E-state index contributed by atoms with van der Waals surface area (Å²) in [5, 5.41) is 14.3. The maximum Gasteiger partial charge on any atom is 0.303 e. The fourth-order valence-corrected chi connectivity index (χ4v) is 2.59. The van der Waals surface area contributed by atoms with Crippen molar-refractivity contribution in [2.45, 2.75) is 51.9 Å². The molecule has 1 unspecified atom stereocenters. The molecular weight excluding hydrogens is 272 g/mol. The number of aliphatic carboxylic acids is 1. The van der Waals surface area contributed by atoms with Gasteiger partial charge in [-0.05, 0) is 18.8 Å². The van der Waals surface area contributed by atoms with Gasteiger partial charge in [-0.15, -0.1) is 0 Å². The van der Waals surface area contributed by atoms with Crippen LogP contribution in [0.2, 0.25) is 0 Å². The Kier molecular flexibility index (Phi) is 7.79. The van der Waals surface area contributed by atoms with Gasteiger partial charge in [0.1, 0.15) is 0 Å². The predicted octanol–water partition coefficient (Wildman–Crippen LogP) is 1.30. The molecule has 2 amide bonds. The van der Waals surface area contributed by atoms with Crippen molar-refractivity contribution in [2.24, 2.45) is 11.8 Å². The summed E-state index contributed by atoms with van der Waals surface area (Å²) in [5.41, 5.74) is 0. The molecule has 21 heavy (non-hydrogen) atoms. The standard InChI is InChI=1S/C15H26N2O4/c1-2-11(9-14(19)20)10-17-13(18)7-8-16-15(21)12-5-3-4-6-12/h11-12H,2-10H2,1H3,(H,16,21)(H,17,18)(H,19,20). The van der Waals surface area contributed by atoms with Crippen LogP contribution < -0.4 is 10.6 Å². The lowest BCUT2D eigenvalue weighted by Gasteiger charge is -2.14. The van der Waals surface area contributed by atoms with Crippen LogP contribution in [-0.2, 0) is 14.4 Å². The first-order valence-corrected chi connectivity index (χ1v) is 7.79. The minimum atomic E-state index is -0.847. The molecule has 0 bridgehead atoms. The quantitative estimate of drug-likeness (QED) is 0.598. The summed E-state index contributed by atoms with van der Waals surface area (Å²) in [6, 6.07) is 0. The molecule has 6 heteroatoms. The second-order valence-electron chi connectivity index (χ2n) is 5.70. The zero-order valence-corrected chi connectivity index (χ0v) is 12.7. The fraction of sp³-hybridized carbons (Fsp3) is 0.800. The number of carboxylic acid groups (broad SMARTS) is 1. The molecule has 0 aromatic carbocycles. The van der Waals surface area contributed by atoms with Crippen molar-refractivity contribution in [1.82, 2.24) is 10.6 Å². The van der Waals surface area contributed by atoms with Crippen LogP contribution in [-0.4, -0.2) is 36.0 Å². The van der Waals surface area contributed by atoms with Crippen LogP contribution in [0.3, 0.4) is 0 Å². The van der Waals surface area contributed by atoms with E-state index >= 15 is 0 Å². The normalized spacial score (nSPS) is 16.4. The highest BCUT2D eigenvalue weighted by molar-refractivity contribution is 5.80. The molecule has 1 aliphatic carbocycles. The first kappa shape index (κ1) is 17.5. The molecule has 120 valence electrons. The second kappa shape index (κ2) is 9.37. The van der Waals surface area contributed by atoms with Crippen molar-refractivity contribution in [3.05, 3.63) is 0 Å². The molecule has 3 N–H and O–H groups in total. The average molecular weight is 298 g/mol. The van der Waals surface area contributed by atoms with Crippen molar-refractivity contribution < 1.29 is 19.5 Å². The van der Waals surface area contributed by atoms with Crippen LogP contribution in [0.4, 0.5) is 0 Å². The van der Waals surface area contributed by atoms with E-state index in [1.54, 1.807) is 0 Å². The van der Waals surface area contributed by atoms with Crippen LogP contribution in [0.1, 0.15) is 51.9 Å². The lowest BCUT2D eigenvalue weighted by atomic mass is 10.0. The molecule has 1 aliphatic rings. The molecule has 0 aromatic heterocycles. The van der Waals surface area contributed by atoms with Gasteiger partial charge in [-0.2, -0.15) is 0 Å². The topological polar surface area (TPSA) is 95.5 Å². The summed E-state index contributed by atoms with van der Waals surface area (Å²) in [5.74, 6) is -0.865. The van der Waals surface area contributed by atoms with E-state index in [4.69, 9.17) is 5.11 Å². The molecule has 0 aliphatic heterocycles. The average Bonchev–Trinajstić information content (AvgIpc) is 2.97. The molecule has 0 aromatic rings. The van der Waals surface area contributed by atoms with E-state index in [0.29, 0.717) is 19.5 Å². The van der Waals surface area contributed by atoms with Gasteiger partial charge in [-0.3, -0.25) is 14.4 Å². The highest BCUT2D eigenvalue weighted by atomic mass is 16.4. The van der Waals surface area contributed by atoms with Gasteiger partial charge < -0.3 is 15.7 Å². The smallest absolute Gasteiger partial charge is 0.303 e. The monoisotopic (exact) mass is 298 g/mol. The SMILES string of the molecule is CCC(CNC(=O)CCNC(=O)C1CCCC1)CC(=O)O. The Balaban J connectivity index is 2.12. The third kappa shape index (κ3) is 7.11. The highest BCUT2D eigenvalue weighted by Gasteiger charge is 2.22. The zero-order chi connectivity index (χ0) is 15.7. The Morgan fingerprint density at radius 1 is 1.19 bits per heavy atom. The summed E-state index contributed by atoms with van der Waals surface area (Å²) in [4.78, 5) is 34.0. The van der Waals surface area contributed by atoms with Gasteiger partial charge in [0.2, 0.25) is 11.8 Å². The van der Waals surface area contributed by atoms with E-state index in [1.807, 2.05) is 6.92 Å². The summed E-state index contributed by atoms with van der Waals surface area (Å²) >= 11 is 0. The lowest BCUT2D eigenvalue weighted by Crippen LogP contribution is -2.35. The van der Waals surface area contributed by atoms with Crippen LogP contribution in [0.5, 0.6) is 0 Å². The molecule has 1 saturated carbocycles. The first-order valence-electron chi connectivity index (χ1n) is 7.79. The number of carboxylic acids is 1. The molecule has 1 atom stereocenters. The first-order chi connectivity index (χ1) is 10.0. The van der Waals surface area contributed by atoms with Gasteiger partial charge >= 0.3 is 5.97 Å². The number of rotatable bonds is 9. The molecule has 6 nitrogen and oxygen atoms in total. The Morgan fingerprint density at radius 3 is 2.43 bits per heavy atom. The Labute approximate surface area is 125 Å². The number of hydrogen-bond acceptors (Lipinski definition) is 3. The number of nitrogens with one attached hydrogen (secondary N) is 2. The maximum absolute atomic E-state index is 11.8. The van der Waals surface area contributed by atoms with Crippen molar-refractivity contribution in [1.29, 1.82) is 0 Å². The Bertz CT molecular complexity index is 365. The number of carbonyl (C=O) groups excluding carboxylic acids is 2. The van der Waals surface area contributed by atoms with Gasteiger partial charge in [0.05, 0.1) is 0 Å². The van der Waals surface area contributed by atoms with Gasteiger partial charge in [0.25, 0.3) is 0 Å². The van der Waals surface area contributed by atoms with Crippen LogP contribution >= 0.6 is 0 Å². The molecule has 0 saturated heterocycles. The summed E-state index contributed by atoms with van der Waals surface area (Å²) in [7, 11) is 0. The van der Waals surface area contributed by atoms with Crippen molar-refractivity contribution in [3.63, 3.8) is 0 Å². The fourth-order valence-electron chi connectivity index (χ4n) is 2.59. The third-order valence-corrected chi connectivity index (χ3v) is 4.01. The van der Waals surface area contributed by atoms with E-state index in [9.17, 15) is 14.4 Å². The summed E-state index contributed by atoms with van der Waals surface area (Å²) < 4.78 is 0. The van der Waals surface area contributed by atoms with E-state index in [-0.39, 0.29) is 36.5 Å². The molecule has 1 rings (SSSR count). The van der Waals surface area contributed by atoms with E-state index in [2.05, 4.69) is 10.6 Å². The Morgan fingerprint density at radius 2 is 1.86 bits per heavy atom. The van der Waals surface area contributed by atoms with Gasteiger partial charge in [-0.1, -0.05) is 26.2 Å². The van der Waals surface area contributed by atoms with Gasteiger partial charge in [-0.25, -0.2) is 0 Å². The van der Waals surface area contributed by atoms with Crippen molar-refractivity contribution >= 4 is 17.8 Å². The zero-order valence-electron chi connectivity index (χ0n) is 12.7. The number of hydrogen-bond donors (Lipinski definition) is 3. The van der Waals surface area contributed by atoms with E-state index in [1.165, 1.54) is 0 Å². The third-order valence-electron chi connectivity index (χ3n) is 4.01. The van der Waals surface area contributed by atoms with E-state index in [0.717, 1.165) is 25.7 Å². The largest absolute Gasteiger partial charge is 0.481 e. The second-order valence-corrected chi connectivity index (χ2v) is 5.70. The highest BCUT2D eigenvalue weighted by Crippen LogP contribution is 2.24. The van der Waals surface area contributed by atoms with Crippen LogP contribution in [0, 0.1) is 11.8 Å². The minimum Gasteiger partial charge on any atom is -0.481 e. The van der Waals surface area contributed by atoms with Gasteiger partial charge in [0, 0.05) is 31.8 Å². The number of amides is 2. The Hall–Kier alpha value is -1.59. The summed E-state index contributed by atoms with van der Waals surface area (Å²) in [6.07, 6.45) is 5.14. The van der Waals surface area contributed by atoms with Crippen molar-refractivity contribution in [3.8, 4) is 0 Å².